The number of hydrogen-bond acceptors (Lipinski definition) is 2. The minimum atomic E-state index is -4.91. The van der Waals surface area contributed by atoms with Crippen molar-refractivity contribution < 1.29 is 48.3 Å². The van der Waals surface area contributed by atoms with Gasteiger partial charge in [-0.15, -0.1) is 6.58 Å². The average molecular weight is 557 g/mol. The van der Waals surface area contributed by atoms with Crippen LogP contribution in [0.1, 0.15) is 41.2 Å². The van der Waals surface area contributed by atoms with E-state index in [1.807, 2.05) is 30.3 Å². The van der Waals surface area contributed by atoms with E-state index in [2.05, 4.69) is 11.6 Å². The maximum absolute atomic E-state index is 13.6. The monoisotopic (exact) mass is 556 g/mol. The van der Waals surface area contributed by atoms with Crippen LogP contribution in [0.15, 0.2) is 67.4 Å². The summed E-state index contributed by atoms with van der Waals surface area (Å²) < 4.78 is 81.6. The van der Waals surface area contributed by atoms with E-state index >= 15 is 0 Å². The highest BCUT2D eigenvalue weighted by Gasteiger charge is 2.54. The first-order chi connectivity index (χ1) is 17.4. The number of quaternary nitrogens is 1. The molecule has 0 saturated carbocycles. The number of aliphatic hydroxyl groups is 1. The van der Waals surface area contributed by atoms with Gasteiger partial charge in [-0.3, -0.25) is 4.98 Å². The minimum absolute atomic E-state index is 0. The Morgan fingerprint density at radius 1 is 1.03 bits per heavy atom. The summed E-state index contributed by atoms with van der Waals surface area (Å²) in [4.78, 5) is 4.35. The van der Waals surface area contributed by atoms with Crippen LogP contribution in [-0.2, 0) is 18.9 Å². The number of fused-ring (bicyclic) bond motifs is 4. The third kappa shape index (κ3) is 5.16. The first kappa shape index (κ1) is 28.4. The largest absolute Gasteiger partial charge is 1.00 e. The Kier molecular flexibility index (Phi) is 7.60. The van der Waals surface area contributed by atoms with Crippen molar-refractivity contribution >= 4 is 10.9 Å². The molecule has 3 aliphatic rings. The van der Waals surface area contributed by atoms with E-state index in [9.17, 15) is 31.4 Å². The Morgan fingerprint density at radius 2 is 1.68 bits per heavy atom. The Bertz CT molecular complexity index is 1290. The van der Waals surface area contributed by atoms with Gasteiger partial charge in [0.1, 0.15) is 18.7 Å². The lowest BCUT2D eigenvalue weighted by Crippen LogP contribution is -3.00. The van der Waals surface area contributed by atoms with Gasteiger partial charge in [-0.2, -0.15) is 26.3 Å². The summed E-state index contributed by atoms with van der Waals surface area (Å²) in [6, 6.07) is 10.5. The summed E-state index contributed by atoms with van der Waals surface area (Å²) in [6.07, 6.45) is -5.99. The van der Waals surface area contributed by atoms with Gasteiger partial charge in [0, 0.05) is 35.9 Å². The van der Waals surface area contributed by atoms with E-state index in [1.54, 1.807) is 12.3 Å². The van der Waals surface area contributed by atoms with Crippen molar-refractivity contribution in [3.8, 4) is 0 Å². The molecule has 0 aliphatic carbocycles. The van der Waals surface area contributed by atoms with E-state index < -0.39 is 35.6 Å². The molecule has 3 aliphatic heterocycles. The fourth-order valence-corrected chi connectivity index (χ4v) is 6.44. The molecule has 38 heavy (non-hydrogen) atoms. The molecule has 1 N–H and O–H groups in total. The molecule has 3 saturated heterocycles. The fourth-order valence-electron chi connectivity index (χ4n) is 6.44. The van der Waals surface area contributed by atoms with E-state index in [0.29, 0.717) is 30.6 Å². The van der Waals surface area contributed by atoms with Crippen molar-refractivity contribution in [3.63, 3.8) is 0 Å². The Morgan fingerprint density at radius 3 is 2.32 bits per heavy atom. The highest BCUT2D eigenvalue weighted by Crippen LogP contribution is 2.48. The Balaban J connectivity index is 0.00000336. The Labute approximate surface area is 222 Å². The normalized spacial score (nSPS) is 26.1. The van der Waals surface area contributed by atoms with Crippen LogP contribution in [0.25, 0.3) is 10.9 Å². The molecular formula is C28H27ClF6N2O. The summed E-state index contributed by atoms with van der Waals surface area (Å²) >= 11 is 0. The molecule has 5 atom stereocenters. The van der Waals surface area contributed by atoms with Crippen LogP contribution >= 0.6 is 0 Å². The number of para-hydroxylation sites is 1. The molecule has 6 rings (SSSR count). The van der Waals surface area contributed by atoms with Crippen molar-refractivity contribution in [2.75, 3.05) is 13.1 Å². The Hall–Kier alpha value is -2.62. The zero-order valence-electron chi connectivity index (χ0n) is 20.3. The summed E-state index contributed by atoms with van der Waals surface area (Å²) in [5.74, 6) is 0.316. The van der Waals surface area contributed by atoms with E-state index in [-0.39, 0.29) is 46.9 Å². The maximum atomic E-state index is 13.6. The number of pyridine rings is 1. The van der Waals surface area contributed by atoms with Gasteiger partial charge < -0.3 is 22.0 Å². The SMILES string of the molecule is C=CC1C[N@+]2(Cc3cc(C(F)(F)F)cc(C(F)(F)F)c3)CCC1CC2C(O)c1ccnc2ccccc12.[Cl-]. The van der Waals surface area contributed by atoms with Gasteiger partial charge in [0.05, 0.1) is 29.7 Å². The van der Waals surface area contributed by atoms with Crippen LogP contribution in [0.4, 0.5) is 26.3 Å². The van der Waals surface area contributed by atoms with Crippen molar-refractivity contribution in [2.24, 2.45) is 11.8 Å². The van der Waals surface area contributed by atoms with Gasteiger partial charge in [-0.25, -0.2) is 0 Å². The number of halogens is 7. The summed E-state index contributed by atoms with van der Waals surface area (Å²) in [5.41, 5.74) is -1.31. The van der Waals surface area contributed by atoms with Crippen LogP contribution in [0, 0.1) is 11.8 Å². The highest BCUT2D eigenvalue weighted by molar-refractivity contribution is 5.82. The molecule has 0 amide bonds. The molecule has 0 radical (unpaired) electrons. The van der Waals surface area contributed by atoms with E-state index in [0.717, 1.165) is 23.9 Å². The minimum Gasteiger partial charge on any atom is -1.00 e. The first-order valence-corrected chi connectivity index (χ1v) is 12.2. The second-order valence-corrected chi connectivity index (χ2v) is 10.3. The summed E-state index contributed by atoms with van der Waals surface area (Å²) in [5, 5.41) is 12.5. The lowest BCUT2D eigenvalue weighted by atomic mass is 9.71. The predicted molar refractivity (Wildman–Crippen MR) is 127 cm³/mol. The van der Waals surface area contributed by atoms with Crippen molar-refractivity contribution in [3.05, 3.63) is 89.6 Å². The number of rotatable bonds is 5. The number of aliphatic hydroxyl groups excluding tert-OH is 1. The smallest absolute Gasteiger partial charge is 0.416 e. The molecule has 10 heteroatoms. The van der Waals surface area contributed by atoms with Crippen molar-refractivity contribution in [2.45, 2.75) is 43.9 Å². The summed E-state index contributed by atoms with van der Waals surface area (Å²) in [7, 11) is 0. The number of piperidine rings is 3. The van der Waals surface area contributed by atoms with Crippen molar-refractivity contribution in [1.29, 1.82) is 0 Å². The average Bonchev–Trinajstić information content (AvgIpc) is 2.86. The van der Waals surface area contributed by atoms with Crippen LogP contribution < -0.4 is 12.4 Å². The van der Waals surface area contributed by atoms with Crippen LogP contribution in [0.2, 0.25) is 0 Å². The van der Waals surface area contributed by atoms with Gasteiger partial charge >= 0.3 is 12.4 Å². The van der Waals surface area contributed by atoms with Gasteiger partial charge in [-0.1, -0.05) is 24.3 Å². The molecule has 3 aromatic rings. The molecule has 2 aromatic carbocycles. The standard InChI is InChI=1S/C28H27F6N2O.ClH/c1-2-18-16-36(15-17-11-20(27(29,30)31)14-21(12-17)28(32,33)34)10-8-19(18)13-25(36)26(37)23-7-9-35-24-6-4-3-5-22(23)24;/h2-7,9,11-12,14,18-19,25-26,37H,1,8,10,13,15-16H2;1H/q+1;/p-1/t18?,19?,25?,26?,36-;/m1./s1. The van der Waals surface area contributed by atoms with Gasteiger partial charge in [-0.05, 0) is 41.8 Å². The second kappa shape index (κ2) is 10.2. The second-order valence-electron chi connectivity index (χ2n) is 10.3. The van der Waals surface area contributed by atoms with Crippen LogP contribution in [-0.4, -0.2) is 33.7 Å². The number of benzene rings is 2. The highest BCUT2D eigenvalue weighted by atomic mass is 35.5. The topological polar surface area (TPSA) is 33.1 Å². The van der Waals surface area contributed by atoms with E-state index in [1.165, 1.54) is 0 Å². The van der Waals surface area contributed by atoms with Crippen LogP contribution in [0.3, 0.4) is 0 Å². The zero-order chi connectivity index (χ0) is 26.6. The fraction of sp³-hybridized carbons (Fsp3) is 0.393. The first-order valence-electron chi connectivity index (χ1n) is 12.2. The lowest BCUT2D eigenvalue weighted by molar-refractivity contribution is -0.984. The molecule has 0 spiro atoms. The van der Waals surface area contributed by atoms with Crippen LogP contribution in [0.5, 0.6) is 0 Å². The lowest BCUT2D eigenvalue weighted by Gasteiger charge is -2.58. The van der Waals surface area contributed by atoms with Gasteiger partial charge in [0.25, 0.3) is 0 Å². The molecule has 204 valence electrons. The molecule has 1 aromatic heterocycles. The third-order valence-electron chi connectivity index (χ3n) is 8.19. The predicted octanol–water partition coefficient (Wildman–Crippen LogP) is 3.92. The molecule has 3 fully saturated rings. The van der Waals surface area contributed by atoms with Gasteiger partial charge in [0.15, 0.2) is 0 Å². The number of nitrogens with zero attached hydrogens (tertiary/aromatic N) is 2. The molecule has 4 heterocycles. The molecule has 3 nitrogen and oxygen atoms in total. The number of alkyl halides is 6. The van der Waals surface area contributed by atoms with Gasteiger partial charge in [0.2, 0.25) is 0 Å². The molecular weight excluding hydrogens is 530 g/mol. The third-order valence-corrected chi connectivity index (χ3v) is 8.19. The van der Waals surface area contributed by atoms with Crippen molar-refractivity contribution in [1.82, 2.24) is 4.98 Å². The quantitative estimate of drug-likeness (QED) is 0.294. The molecule has 2 bridgehead atoms. The van der Waals surface area contributed by atoms with E-state index in [4.69, 9.17) is 0 Å². The number of hydrogen-bond donors (Lipinski definition) is 1. The maximum Gasteiger partial charge on any atom is 0.416 e. The number of aromatic nitrogens is 1. The zero-order valence-corrected chi connectivity index (χ0v) is 21.1. The molecule has 4 unspecified atom stereocenters. The summed E-state index contributed by atoms with van der Waals surface area (Å²) in [6.45, 7) is 4.93.